The second-order valence-electron chi connectivity index (χ2n) is 7.66. The fraction of sp³-hybridized carbons (Fsp3) is 0.0769. The number of rotatable bonds is 5. The van der Waals surface area contributed by atoms with Crippen LogP contribution in [0.2, 0.25) is 0 Å². The quantitative estimate of drug-likeness (QED) is 0.457. The minimum absolute atomic E-state index is 0.171. The second kappa shape index (κ2) is 8.55. The van der Waals surface area contributed by atoms with Gasteiger partial charge in [0.1, 0.15) is 11.9 Å². The minimum atomic E-state index is -0.489. The molecule has 0 aliphatic carbocycles. The summed E-state index contributed by atoms with van der Waals surface area (Å²) in [6.07, 6.45) is 3.53. The van der Waals surface area contributed by atoms with Crippen LogP contribution in [0.15, 0.2) is 102 Å². The standard InChI is InChI=1S/C26H21N5O2/c1-30-17-16-27-24(30)22(18-10-4-2-5-11-18)28-25(32)23-20-14-8-9-15-21(20)26(33)31(29-23)19-12-6-3-7-13-19/h2-17,22H,1H3,(H,28,32). The molecular formula is C26H21N5O2. The van der Waals surface area contributed by atoms with E-state index in [0.717, 1.165) is 5.56 Å². The summed E-state index contributed by atoms with van der Waals surface area (Å²) < 4.78 is 3.14. The Morgan fingerprint density at radius 1 is 0.879 bits per heavy atom. The highest BCUT2D eigenvalue weighted by Gasteiger charge is 2.24. The van der Waals surface area contributed by atoms with E-state index in [2.05, 4.69) is 15.4 Å². The summed E-state index contributed by atoms with van der Waals surface area (Å²) >= 11 is 0. The van der Waals surface area contributed by atoms with Crippen LogP contribution in [0.5, 0.6) is 0 Å². The average Bonchev–Trinajstić information content (AvgIpc) is 3.29. The molecule has 2 heterocycles. The van der Waals surface area contributed by atoms with Gasteiger partial charge in [0.15, 0.2) is 5.69 Å². The Bertz CT molecular complexity index is 1490. The number of aryl methyl sites for hydroxylation is 1. The predicted octanol–water partition coefficient (Wildman–Crippen LogP) is 3.64. The smallest absolute Gasteiger partial charge is 0.279 e. The molecule has 1 unspecified atom stereocenters. The molecule has 1 atom stereocenters. The van der Waals surface area contributed by atoms with E-state index in [0.29, 0.717) is 22.3 Å². The van der Waals surface area contributed by atoms with Gasteiger partial charge in [-0.25, -0.2) is 4.98 Å². The number of nitrogens with zero attached hydrogens (tertiary/aromatic N) is 4. The fourth-order valence-electron chi connectivity index (χ4n) is 3.90. The Morgan fingerprint density at radius 3 is 2.18 bits per heavy atom. The molecule has 0 saturated carbocycles. The van der Waals surface area contributed by atoms with E-state index in [1.165, 1.54) is 4.68 Å². The molecule has 7 heteroatoms. The highest BCUT2D eigenvalue weighted by molar-refractivity contribution is 6.05. The number of fused-ring (bicyclic) bond motifs is 1. The summed E-state index contributed by atoms with van der Waals surface area (Å²) in [6.45, 7) is 0. The van der Waals surface area contributed by atoms with Crippen LogP contribution in [0.25, 0.3) is 16.5 Å². The highest BCUT2D eigenvalue weighted by Crippen LogP contribution is 2.22. The number of imidazole rings is 1. The number of nitrogens with one attached hydrogen (secondary N) is 1. The molecule has 0 saturated heterocycles. The van der Waals surface area contributed by atoms with E-state index in [-0.39, 0.29) is 11.3 Å². The number of hydrogen-bond acceptors (Lipinski definition) is 4. The van der Waals surface area contributed by atoms with Crippen LogP contribution in [0, 0.1) is 0 Å². The SMILES string of the molecule is Cn1ccnc1C(NC(=O)c1nn(-c2ccccc2)c(=O)c2ccccc12)c1ccccc1. The van der Waals surface area contributed by atoms with E-state index in [9.17, 15) is 9.59 Å². The van der Waals surface area contributed by atoms with Crippen molar-refractivity contribution >= 4 is 16.7 Å². The Balaban J connectivity index is 1.64. The average molecular weight is 435 g/mol. The van der Waals surface area contributed by atoms with Gasteiger partial charge in [0, 0.05) is 24.8 Å². The summed E-state index contributed by atoms with van der Waals surface area (Å²) in [4.78, 5) is 31.2. The number of carbonyl (C=O) groups excluding carboxylic acids is 1. The van der Waals surface area contributed by atoms with Crippen LogP contribution in [0.1, 0.15) is 27.9 Å². The lowest BCUT2D eigenvalue weighted by Crippen LogP contribution is -2.34. The molecule has 2 aromatic heterocycles. The maximum atomic E-state index is 13.6. The molecule has 1 N–H and O–H groups in total. The topological polar surface area (TPSA) is 81.8 Å². The molecule has 5 rings (SSSR count). The van der Waals surface area contributed by atoms with Gasteiger partial charge in [-0.2, -0.15) is 9.78 Å². The van der Waals surface area contributed by atoms with Gasteiger partial charge in [0.2, 0.25) is 0 Å². The summed E-state index contributed by atoms with van der Waals surface area (Å²) in [5.41, 5.74) is 1.37. The van der Waals surface area contributed by atoms with E-state index in [1.807, 2.05) is 66.3 Å². The Labute approximate surface area is 190 Å². The highest BCUT2D eigenvalue weighted by atomic mass is 16.2. The van der Waals surface area contributed by atoms with Gasteiger partial charge >= 0.3 is 0 Å². The molecule has 33 heavy (non-hydrogen) atoms. The van der Waals surface area contributed by atoms with Crippen molar-refractivity contribution in [2.75, 3.05) is 0 Å². The first-order valence-corrected chi connectivity index (χ1v) is 10.5. The third-order valence-corrected chi connectivity index (χ3v) is 5.55. The van der Waals surface area contributed by atoms with Crippen molar-refractivity contribution in [2.24, 2.45) is 7.05 Å². The van der Waals surface area contributed by atoms with Crippen molar-refractivity contribution in [2.45, 2.75) is 6.04 Å². The van der Waals surface area contributed by atoms with E-state index >= 15 is 0 Å². The number of para-hydroxylation sites is 1. The minimum Gasteiger partial charge on any atom is -0.337 e. The fourth-order valence-corrected chi connectivity index (χ4v) is 3.90. The normalized spacial score (nSPS) is 11.9. The molecule has 0 aliphatic heterocycles. The van der Waals surface area contributed by atoms with Crippen molar-refractivity contribution < 1.29 is 4.79 Å². The summed E-state index contributed by atoms with van der Waals surface area (Å²) in [5, 5.41) is 8.49. The summed E-state index contributed by atoms with van der Waals surface area (Å²) in [5.74, 6) is 0.294. The number of hydrogen-bond donors (Lipinski definition) is 1. The third-order valence-electron chi connectivity index (χ3n) is 5.55. The lowest BCUT2D eigenvalue weighted by atomic mass is 10.1. The van der Waals surface area contributed by atoms with E-state index in [4.69, 9.17) is 0 Å². The van der Waals surface area contributed by atoms with Gasteiger partial charge in [-0.05, 0) is 23.8 Å². The molecule has 0 aliphatic rings. The Kier molecular flexibility index (Phi) is 5.28. The van der Waals surface area contributed by atoms with Crippen LogP contribution in [-0.2, 0) is 7.05 Å². The molecular weight excluding hydrogens is 414 g/mol. The molecule has 0 spiro atoms. The lowest BCUT2D eigenvalue weighted by Gasteiger charge is -2.20. The number of amides is 1. The van der Waals surface area contributed by atoms with E-state index in [1.54, 1.807) is 42.6 Å². The van der Waals surface area contributed by atoms with Crippen molar-refractivity contribution in [3.05, 3.63) is 125 Å². The molecule has 7 nitrogen and oxygen atoms in total. The van der Waals surface area contributed by atoms with Crippen molar-refractivity contribution in [3.63, 3.8) is 0 Å². The third kappa shape index (κ3) is 3.80. The first-order chi connectivity index (χ1) is 16.1. The number of benzene rings is 3. The predicted molar refractivity (Wildman–Crippen MR) is 126 cm³/mol. The second-order valence-corrected chi connectivity index (χ2v) is 7.66. The zero-order valence-corrected chi connectivity index (χ0v) is 17.9. The van der Waals surface area contributed by atoms with Crippen LogP contribution in [0.4, 0.5) is 0 Å². The molecule has 3 aromatic carbocycles. The van der Waals surface area contributed by atoms with E-state index < -0.39 is 11.9 Å². The van der Waals surface area contributed by atoms with Gasteiger partial charge in [0.25, 0.3) is 11.5 Å². The molecule has 5 aromatic rings. The molecule has 1 amide bonds. The van der Waals surface area contributed by atoms with Crippen LogP contribution < -0.4 is 10.9 Å². The first-order valence-electron chi connectivity index (χ1n) is 10.5. The van der Waals surface area contributed by atoms with Gasteiger partial charge in [-0.15, -0.1) is 0 Å². The van der Waals surface area contributed by atoms with Crippen LogP contribution >= 0.6 is 0 Å². The number of aromatic nitrogens is 4. The monoisotopic (exact) mass is 435 g/mol. The maximum Gasteiger partial charge on any atom is 0.279 e. The Morgan fingerprint density at radius 2 is 1.52 bits per heavy atom. The number of carbonyl (C=O) groups is 1. The van der Waals surface area contributed by atoms with Gasteiger partial charge < -0.3 is 9.88 Å². The van der Waals surface area contributed by atoms with Crippen LogP contribution in [-0.4, -0.2) is 25.2 Å². The molecule has 0 radical (unpaired) electrons. The largest absolute Gasteiger partial charge is 0.337 e. The van der Waals surface area contributed by atoms with Gasteiger partial charge in [-0.1, -0.05) is 66.7 Å². The van der Waals surface area contributed by atoms with Crippen molar-refractivity contribution in [1.82, 2.24) is 24.6 Å². The van der Waals surface area contributed by atoms with Crippen LogP contribution in [0.3, 0.4) is 0 Å². The molecule has 0 fully saturated rings. The van der Waals surface area contributed by atoms with Gasteiger partial charge in [-0.3, -0.25) is 9.59 Å². The zero-order chi connectivity index (χ0) is 22.8. The first kappa shape index (κ1) is 20.4. The zero-order valence-electron chi connectivity index (χ0n) is 17.9. The van der Waals surface area contributed by atoms with Gasteiger partial charge in [0.05, 0.1) is 11.1 Å². The van der Waals surface area contributed by atoms with Crippen molar-refractivity contribution in [3.8, 4) is 5.69 Å². The molecule has 162 valence electrons. The lowest BCUT2D eigenvalue weighted by molar-refractivity contribution is 0.0936. The summed E-state index contributed by atoms with van der Waals surface area (Å²) in [6, 6.07) is 25.3. The van der Waals surface area contributed by atoms with Crippen molar-refractivity contribution in [1.29, 1.82) is 0 Å². The molecule has 0 bridgehead atoms. The summed E-state index contributed by atoms with van der Waals surface area (Å²) in [7, 11) is 1.88. The maximum absolute atomic E-state index is 13.6. The Hall–Kier alpha value is -4.52.